The summed E-state index contributed by atoms with van der Waals surface area (Å²) in [6.07, 6.45) is 3.04. The van der Waals surface area contributed by atoms with Crippen molar-refractivity contribution in [1.82, 2.24) is 14.8 Å². The molecule has 0 atom stereocenters. The first-order valence-corrected chi connectivity index (χ1v) is 3.96. The fourth-order valence-electron chi connectivity index (χ4n) is 0.908. The monoisotopic (exact) mass is 141 g/mol. The Bertz CT molecular complexity index is 187. The Hall–Kier alpha value is -0.510. The van der Waals surface area contributed by atoms with Crippen molar-refractivity contribution in [2.75, 3.05) is 5.75 Å². The van der Waals surface area contributed by atoms with Crippen LogP contribution in [0.3, 0.4) is 0 Å². The molecule has 3 nitrogen and oxygen atoms in total. The lowest BCUT2D eigenvalue weighted by atomic mass is 10.5. The highest BCUT2D eigenvalue weighted by molar-refractivity contribution is 7.99. The zero-order valence-electron chi connectivity index (χ0n) is 4.95. The Morgan fingerprint density at radius 2 is 2.67 bits per heavy atom. The number of aromatic nitrogens is 3. The van der Waals surface area contributed by atoms with Gasteiger partial charge in [-0.25, -0.2) is 0 Å². The molecule has 1 aliphatic rings. The first-order valence-electron chi connectivity index (χ1n) is 2.97. The van der Waals surface area contributed by atoms with Crippen molar-refractivity contribution in [3.63, 3.8) is 0 Å². The highest BCUT2D eigenvalue weighted by Crippen LogP contribution is 2.20. The Morgan fingerprint density at radius 1 is 1.67 bits per heavy atom. The molecule has 1 aromatic heterocycles. The van der Waals surface area contributed by atoms with Crippen LogP contribution in [0.1, 0.15) is 6.42 Å². The van der Waals surface area contributed by atoms with E-state index in [9.17, 15) is 0 Å². The zero-order valence-corrected chi connectivity index (χ0v) is 5.77. The molecule has 0 fully saturated rings. The predicted octanol–water partition coefficient (Wildman–Crippen LogP) is 0.774. The van der Waals surface area contributed by atoms with Gasteiger partial charge in [0.15, 0.2) is 5.16 Å². The van der Waals surface area contributed by atoms with E-state index in [1.165, 1.54) is 12.2 Å². The smallest absolute Gasteiger partial charge is 0.190 e. The largest absolute Gasteiger partial charge is 0.309 e. The molecule has 0 saturated carbocycles. The van der Waals surface area contributed by atoms with Crippen LogP contribution in [0.4, 0.5) is 0 Å². The molecule has 0 radical (unpaired) electrons. The molecule has 4 heteroatoms. The van der Waals surface area contributed by atoms with Crippen molar-refractivity contribution in [2.24, 2.45) is 0 Å². The summed E-state index contributed by atoms with van der Waals surface area (Å²) in [5, 5.41) is 8.80. The summed E-state index contributed by atoms with van der Waals surface area (Å²) < 4.78 is 2.09. The van der Waals surface area contributed by atoms with Crippen LogP contribution >= 0.6 is 11.8 Å². The van der Waals surface area contributed by atoms with Crippen LogP contribution < -0.4 is 0 Å². The highest BCUT2D eigenvalue weighted by atomic mass is 32.2. The van der Waals surface area contributed by atoms with E-state index in [0.29, 0.717) is 0 Å². The average molecular weight is 141 g/mol. The first-order chi connectivity index (χ1) is 4.47. The Kier molecular flexibility index (Phi) is 1.19. The van der Waals surface area contributed by atoms with Gasteiger partial charge in [0, 0.05) is 12.3 Å². The van der Waals surface area contributed by atoms with Gasteiger partial charge >= 0.3 is 0 Å². The third kappa shape index (κ3) is 0.830. The third-order valence-electron chi connectivity index (χ3n) is 1.35. The number of thioether (sulfide) groups is 1. The molecule has 1 aliphatic heterocycles. The molecule has 9 heavy (non-hydrogen) atoms. The summed E-state index contributed by atoms with van der Waals surface area (Å²) in [7, 11) is 0. The number of rotatable bonds is 0. The lowest BCUT2D eigenvalue weighted by Crippen LogP contribution is -2.05. The van der Waals surface area contributed by atoms with Crippen LogP contribution in [0.2, 0.25) is 0 Å². The van der Waals surface area contributed by atoms with Crippen molar-refractivity contribution in [3.8, 4) is 0 Å². The molecule has 0 aliphatic carbocycles. The van der Waals surface area contributed by atoms with Gasteiger partial charge in [0.05, 0.1) is 0 Å². The van der Waals surface area contributed by atoms with E-state index in [-0.39, 0.29) is 0 Å². The number of fused-ring (bicyclic) bond motifs is 1. The average Bonchev–Trinajstić information content (AvgIpc) is 2.33. The summed E-state index contributed by atoms with van der Waals surface area (Å²) >= 11 is 1.78. The molecule has 0 bridgehead atoms. The Balaban J connectivity index is 2.39. The van der Waals surface area contributed by atoms with Crippen molar-refractivity contribution in [3.05, 3.63) is 6.33 Å². The fraction of sp³-hybridized carbons (Fsp3) is 0.600. The molecule has 2 rings (SSSR count). The minimum Gasteiger partial charge on any atom is -0.309 e. The third-order valence-corrected chi connectivity index (χ3v) is 2.42. The lowest BCUT2D eigenvalue weighted by molar-refractivity contribution is 0.607. The number of aryl methyl sites for hydroxylation is 1. The number of nitrogens with zero attached hydrogens (tertiary/aromatic N) is 3. The molecule has 0 N–H and O–H groups in total. The summed E-state index contributed by atoms with van der Waals surface area (Å²) in [6.45, 7) is 1.09. The molecule has 48 valence electrons. The maximum absolute atomic E-state index is 3.93. The maximum atomic E-state index is 3.93. The second-order valence-electron chi connectivity index (χ2n) is 2.01. The summed E-state index contributed by atoms with van der Waals surface area (Å²) in [5.74, 6) is 1.19. The second-order valence-corrected chi connectivity index (χ2v) is 3.07. The van der Waals surface area contributed by atoms with Crippen molar-refractivity contribution >= 4 is 11.8 Å². The van der Waals surface area contributed by atoms with Crippen LogP contribution in [0, 0.1) is 0 Å². The highest BCUT2D eigenvalue weighted by Gasteiger charge is 2.08. The molecule has 2 heterocycles. The standard InChI is InChI=1S/C5H7N3S/c1-2-8-4-6-7-5(8)9-3-1/h4H,1-3H2. The van der Waals surface area contributed by atoms with Crippen molar-refractivity contribution < 1.29 is 0 Å². The van der Waals surface area contributed by atoms with Gasteiger partial charge in [0.25, 0.3) is 0 Å². The molecule has 0 saturated heterocycles. The van der Waals surface area contributed by atoms with Crippen LogP contribution in [0.15, 0.2) is 11.5 Å². The van der Waals surface area contributed by atoms with E-state index in [2.05, 4.69) is 14.8 Å². The van der Waals surface area contributed by atoms with Gasteiger partial charge in [-0.2, -0.15) is 0 Å². The first kappa shape index (κ1) is 5.29. The van der Waals surface area contributed by atoms with Crippen LogP contribution in [0.25, 0.3) is 0 Å². The van der Waals surface area contributed by atoms with Gasteiger partial charge in [0.2, 0.25) is 0 Å². The molecule has 1 aromatic rings. The van der Waals surface area contributed by atoms with Gasteiger partial charge in [-0.05, 0) is 6.42 Å². The molecule has 0 aromatic carbocycles. The molecule has 0 amide bonds. The van der Waals surface area contributed by atoms with Gasteiger partial charge in [0.1, 0.15) is 6.33 Å². The van der Waals surface area contributed by atoms with Crippen molar-refractivity contribution in [1.29, 1.82) is 0 Å². The fourth-order valence-corrected chi connectivity index (χ4v) is 1.77. The van der Waals surface area contributed by atoms with Gasteiger partial charge < -0.3 is 4.57 Å². The van der Waals surface area contributed by atoms with E-state index >= 15 is 0 Å². The summed E-state index contributed by atoms with van der Waals surface area (Å²) in [4.78, 5) is 0. The van der Waals surface area contributed by atoms with Gasteiger partial charge in [-0.3, -0.25) is 0 Å². The maximum Gasteiger partial charge on any atom is 0.190 e. The van der Waals surface area contributed by atoms with E-state index < -0.39 is 0 Å². The van der Waals surface area contributed by atoms with Crippen LogP contribution in [0.5, 0.6) is 0 Å². The topological polar surface area (TPSA) is 30.7 Å². The number of hydrogen-bond donors (Lipinski definition) is 0. The zero-order chi connectivity index (χ0) is 6.10. The van der Waals surface area contributed by atoms with Crippen molar-refractivity contribution in [2.45, 2.75) is 18.1 Å². The van der Waals surface area contributed by atoms with Crippen LogP contribution in [-0.4, -0.2) is 20.5 Å². The quantitative estimate of drug-likeness (QED) is 0.534. The lowest BCUT2D eigenvalue weighted by Gasteiger charge is -2.09. The minimum absolute atomic E-state index is 1.07. The summed E-state index contributed by atoms with van der Waals surface area (Å²) in [6, 6.07) is 0. The normalized spacial score (nSPS) is 17.3. The van der Waals surface area contributed by atoms with E-state index in [1.54, 1.807) is 18.1 Å². The molecular weight excluding hydrogens is 134 g/mol. The SMILES string of the molecule is c1nnc2n1CCCS2. The molecule has 0 spiro atoms. The second kappa shape index (κ2) is 2.02. The predicted molar refractivity (Wildman–Crippen MR) is 35.4 cm³/mol. The van der Waals surface area contributed by atoms with Gasteiger partial charge in [-0.15, -0.1) is 10.2 Å². The van der Waals surface area contributed by atoms with E-state index in [0.717, 1.165) is 11.7 Å². The van der Waals surface area contributed by atoms with E-state index in [4.69, 9.17) is 0 Å². The molecular formula is C5H7N3S. The van der Waals surface area contributed by atoms with Crippen LogP contribution in [-0.2, 0) is 6.54 Å². The van der Waals surface area contributed by atoms with Gasteiger partial charge in [-0.1, -0.05) is 11.8 Å². The number of hydrogen-bond acceptors (Lipinski definition) is 3. The minimum atomic E-state index is 1.07. The molecule has 0 unspecified atom stereocenters. The Morgan fingerprint density at radius 3 is 3.56 bits per heavy atom. The summed E-state index contributed by atoms with van der Waals surface area (Å²) in [5.41, 5.74) is 0. The van der Waals surface area contributed by atoms with E-state index in [1.807, 2.05) is 0 Å². The Labute approximate surface area is 57.5 Å².